The zero-order valence-electron chi connectivity index (χ0n) is 15.9. The number of aromatic nitrogens is 3. The topological polar surface area (TPSA) is 75.5 Å². The van der Waals surface area contributed by atoms with Crippen LogP contribution in [0.2, 0.25) is 0 Å². The van der Waals surface area contributed by atoms with Crippen molar-refractivity contribution in [2.45, 2.75) is 19.0 Å². The Labute approximate surface area is 179 Å². The molecule has 0 saturated carbocycles. The van der Waals surface area contributed by atoms with E-state index in [0.29, 0.717) is 23.7 Å². The van der Waals surface area contributed by atoms with Gasteiger partial charge in [-0.15, -0.1) is 0 Å². The largest absolute Gasteiger partial charge is 0.378 e. The van der Waals surface area contributed by atoms with Gasteiger partial charge in [-0.25, -0.2) is 9.97 Å². The predicted molar refractivity (Wildman–Crippen MR) is 118 cm³/mol. The summed E-state index contributed by atoms with van der Waals surface area (Å²) in [5.41, 5.74) is 1.31. The van der Waals surface area contributed by atoms with Crippen LogP contribution in [0.25, 0.3) is 0 Å². The molecule has 8 nitrogen and oxygen atoms in total. The molecule has 4 rings (SSSR count). The molecule has 0 amide bonds. The first-order chi connectivity index (χ1) is 13.0. The molecule has 152 valence electrons. The first kappa shape index (κ1) is 21.1. The molecular weight excluding hydrogens is 444 g/mol. The average molecular weight is 469 g/mol. The molecule has 10 heteroatoms. The Hall–Kier alpha value is -1.62. The summed E-state index contributed by atoms with van der Waals surface area (Å²) in [6, 6.07) is 2.69. The Morgan fingerprint density at radius 2 is 1.96 bits per heavy atom. The normalized spacial score (nSPS) is 20.4. The summed E-state index contributed by atoms with van der Waals surface area (Å²) in [6.45, 7) is 6.91. The molecular formula is C18H25BrN6O2S. The van der Waals surface area contributed by atoms with E-state index in [0.717, 1.165) is 43.0 Å². The van der Waals surface area contributed by atoms with E-state index in [2.05, 4.69) is 47.9 Å². The molecule has 0 aliphatic carbocycles. The number of piperazine rings is 1. The number of rotatable bonds is 4. The molecule has 2 fully saturated rings. The van der Waals surface area contributed by atoms with Gasteiger partial charge in [-0.05, 0) is 28.9 Å². The summed E-state index contributed by atoms with van der Waals surface area (Å²) in [4.78, 5) is 25.8. The Morgan fingerprint density at radius 3 is 2.57 bits per heavy atom. The predicted octanol–water partition coefficient (Wildman–Crippen LogP) is 1.70. The van der Waals surface area contributed by atoms with E-state index in [-0.39, 0.29) is 19.1 Å². The zero-order chi connectivity index (χ0) is 19.0. The van der Waals surface area contributed by atoms with Gasteiger partial charge in [0.25, 0.3) is 5.56 Å². The average Bonchev–Trinajstić information content (AvgIpc) is 2.59. The SMILES string of the molecule is C[C@H]1CN(C2COC2)CCN1c1cnc(Nc2cc(Br)cn(C)c2=O)nc1.S. The van der Waals surface area contributed by atoms with Crippen molar-refractivity contribution in [3.63, 3.8) is 0 Å². The highest BCUT2D eigenvalue weighted by Gasteiger charge is 2.32. The van der Waals surface area contributed by atoms with Crippen LogP contribution in [-0.2, 0) is 11.8 Å². The van der Waals surface area contributed by atoms with Crippen LogP contribution in [0.5, 0.6) is 0 Å². The number of ether oxygens (including phenoxy) is 1. The fraction of sp³-hybridized carbons (Fsp3) is 0.500. The highest BCUT2D eigenvalue weighted by Crippen LogP contribution is 2.23. The summed E-state index contributed by atoms with van der Waals surface area (Å²) in [5, 5.41) is 3.01. The molecule has 2 aliphatic heterocycles. The second kappa shape index (κ2) is 8.81. The highest BCUT2D eigenvalue weighted by molar-refractivity contribution is 9.10. The third-order valence-corrected chi connectivity index (χ3v) is 5.60. The zero-order valence-corrected chi connectivity index (χ0v) is 18.5. The van der Waals surface area contributed by atoms with Crippen molar-refractivity contribution in [1.82, 2.24) is 19.4 Å². The highest BCUT2D eigenvalue weighted by atomic mass is 79.9. The van der Waals surface area contributed by atoms with Crippen LogP contribution in [0, 0.1) is 0 Å². The maximum absolute atomic E-state index is 12.2. The molecule has 0 radical (unpaired) electrons. The van der Waals surface area contributed by atoms with Crippen LogP contribution in [-0.4, -0.2) is 64.4 Å². The van der Waals surface area contributed by atoms with E-state index in [1.165, 1.54) is 4.57 Å². The van der Waals surface area contributed by atoms with Crippen molar-refractivity contribution in [1.29, 1.82) is 0 Å². The van der Waals surface area contributed by atoms with Gasteiger partial charge in [-0.1, -0.05) is 0 Å². The van der Waals surface area contributed by atoms with Crippen LogP contribution in [0.15, 0.2) is 33.9 Å². The number of halogens is 1. The molecule has 4 heterocycles. The smallest absolute Gasteiger partial charge is 0.274 e. The number of nitrogens with one attached hydrogen (secondary N) is 1. The maximum Gasteiger partial charge on any atom is 0.274 e. The number of aryl methyl sites for hydroxylation is 1. The second-order valence-electron chi connectivity index (χ2n) is 7.11. The summed E-state index contributed by atoms with van der Waals surface area (Å²) < 4.78 is 7.63. The van der Waals surface area contributed by atoms with E-state index in [1.54, 1.807) is 19.3 Å². The lowest BCUT2D eigenvalue weighted by Gasteiger charge is -2.46. The molecule has 0 aromatic carbocycles. The molecule has 28 heavy (non-hydrogen) atoms. The van der Waals surface area contributed by atoms with Gasteiger partial charge in [-0.3, -0.25) is 9.69 Å². The summed E-state index contributed by atoms with van der Waals surface area (Å²) in [5.74, 6) is 0.409. The lowest BCUT2D eigenvalue weighted by atomic mass is 10.1. The number of nitrogens with zero attached hydrogens (tertiary/aromatic N) is 5. The number of hydrogen-bond acceptors (Lipinski definition) is 7. The van der Waals surface area contributed by atoms with Crippen molar-refractivity contribution in [3.8, 4) is 0 Å². The monoisotopic (exact) mass is 468 g/mol. The second-order valence-corrected chi connectivity index (χ2v) is 8.02. The van der Waals surface area contributed by atoms with Gasteiger partial charge in [0, 0.05) is 43.4 Å². The van der Waals surface area contributed by atoms with Crippen molar-refractivity contribution >= 4 is 46.7 Å². The minimum absolute atomic E-state index is 0. The third-order valence-electron chi connectivity index (χ3n) is 5.16. The standard InChI is InChI=1S/C18H23BrN6O2.H2S/c1-12-8-24(15-10-27-11-15)3-4-25(12)14-6-20-18(21-7-14)22-16-5-13(19)9-23(2)17(16)26;/h5-7,9,12,15H,3-4,8,10-11H2,1-2H3,(H,20,21,22);1H2/t12-;/m0./s1. The molecule has 2 aromatic rings. The first-order valence-electron chi connectivity index (χ1n) is 9.05. The molecule has 1 N–H and O–H groups in total. The minimum atomic E-state index is -0.129. The lowest BCUT2D eigenvalue weighted by molar-refractivity contribution is -0.0691. The van der Waals surface area contributed by atoms with E-state index in [1.807, 2.05) is 12.4 Å². The van der Waals surface area contributed by atoms with E-state index in [9.17, 15) is 4.79 Å². The number of anilines is 3. The van der Waals surface area contributed by atoms with E-state index in [4.69, 9.17) is 4.74 Å². The van der Waals surface area contributed by atoms with Crippen LogP contribution >= 0.6 is 29.4 Å². The van der Waals surface area contributed by atoms with Crippen LogP contribution < -0.4 is 15.8 Å². The number of pyridine rings is 1. The first-order valence-corrected chi connectivity index (χ1v) is 9.84. The Balaban J connectivity index is 0.00000225. The van der Waals surface area contributed by atoms with Crippen molar-refractivity contribution in [2.75, 3.05) is 43.1 Å². The fourth-order valence-electron chi connectivity index (χ4n) is 3.55. The van der Waals surface area contributed by atoms with Gasteiger partial charge in [0.2, 0.25) is 5.95 Å². The van der Waals surface area contributed by atoms with Gasteiger partial charge < -0.3 is 19.5 Å². The minimum Gasteiger partial charge on any atom is -0.378 e. The van der Waals surface area contributed by atoms with Gasteiger partial charge in [-0.2, -0.15) is 13.5 Å². The Kier molecular flexibility index (Phi) is 6.64. The van der Waals surface area contributed by atoms with E-state index < -0.39 is 0 Å². The Morgan fingerprint density at radius 1 is 1.25 bits per heavy atom. The molecule has 1 atom stereocenters. The van der Waals surface area contributed by atoms with Gasteiger partial charge in [0.1, 0.15) is 5.69 Å². The fourth-order valence-corrected chi connectivity index (χ4v) is 4.09. The summed E-state index contributed by atoms with van der Waals surface area (Å²) in [7, 11) is 1.71. The van der Waals surface area contributed by atoms with Crippen molar-refractivity contribution in [3.05, 3.63) is 39.5 Å². The molecule has 0 spiro atoms. The Bertz CT molecular complexity index is 873. The molecule has 2 aromatic heterocycles. The van der Waals surface area contributed by atoms with Crippen molar-refractivity contribution < 1.29 is 4.74 Å². The molecule has 2 saturated heterocycles. The quantitative estimate of drug-likeness (QED) is 0.731. The van der Waals surface area contributed by atoms with Crippen molar-refractivity contribution in [2.24, 2.45) is 7.05 Å². The summed E-state index contributed by atoms with van der Waals surface area (Å²) >= 11 is 3.40. The maximum atomic E-state index is 12.2. The van der Waals surface area contributed by atoms with Gasteiger partial charge in [0.05, 0.1) is 37.3 Å². The molecule has 0 bridgehead atoms. The lowest BCUT2D eigenvalue weighted by Crippen LogP contribution is -2.59. The number of hydrogen-bond donors (Lipinski definition) is 1. The van der Waals surface area contributed by atoms with Gasteiger partial charge >= 0.3 is 0 Å². The van der Waals surface area contributed by atoms with Crippen LogP contribution in [0.1, 0.15) is 6.92 Å². The van der Waals surface area contributed by atoms with Gasteiger partial charge in [0.15, 0.2) is 0 Å². The molecule has 0 unspecified atom stereocenters. The molecule has 2 aliphatic rings. The third kappa shape index (κ3) is 4.35. The van der Waals surface area contributed by atoms with Crippen LogP contribution in [0.4, 0.5) is 17.3 Å². The summed E-state index contributed by atoms with van der Waals surface area (Å²) in [6.07, 6.45) is 5.35. The van der Waals surface area contributed by atoms with E-state index >= 15 is 0 Å². The van der Waals surface area contributed by atoms with Crippen LogP contribution in [0.3, 0.4) is 0 Å².